The third kappa shape index (κ3) is 4.03. The van der Waals surface area contributed by atoms with Gasteiger partial charge in [-0.15, -0.1) is 0 Å². The molecule has 3 heterocycles. The van der Waals surface area contributed by atoms with E-state index in [9.17, 15) is 9.59 Å². The Bertz CT molecular complexity index is 1150. The van der Waals surface area contributed by atoms with Gasteiger partial charge in [0, 0.05) is 12.7 Å². The van der Waals surface area contributed by atoms with Gasteiger partial charge in [-0.25, -0.2) is 9.78 Å². The molecule has 0 aliphatic rings. The van der Waals surface area contributed by atoms with Gasteiger partial charge < -0.3 is 14.5 Å². The smallest absolute Gasteiger partial charge is 0.338 e. The second kappa shape index (κ2) is 8.20. The summed E-state index contributed by atoms with van der Waals surface area (Å²) in [6, 6.07) is 14.3. The van der Waals surface area contributed by atoms with E-state index in [-0.39, 0.29) is 5.56 Å². The number of carbonyl (C=O) groups excluding carboxylic acids is 1. The molecule has 4 rings (SSSR count). The zero-order chi connectivity index (χ0) is 19.3. The van der Waals surface area contributed by atoms with Crippen molar-refractivity contribution in [2.45, 2.75) is 19.8 Å². The minimum Gasteiger partial charge on any atom is -0.467 e. The minimum absolute atomic E-state index is 0.305. The summed E-state index contributed by atoms with van der Waals surface area (Å²) in [6.07, 6.45) is 3.21. The van der Waals surface area contributed by atoms with E-state index < -0.39 is 6.03 Å². The predicted molar refractivity (Wildman–Crippen MR) is 105 cm³/mol. The van der Waals surface area contributed by atoms with Gasteiger partial charge in [0.15, 0.2) is 0 Å². The summed E-state index contributed by atoms with van der Waals surface area (Å²) < 4.78 is 12.0. The maximum absolute atomic E-state index is 12.4. The molecule has 4 aromatic rings. The number of furan rings is 1. The van der Waals surface area contributed by atoms with Gasteiger partial charge in [0.05, 0.1) is 18.3 Å². The fourth-order valence-electron chi connectivity index (χ4n) is 2.74. The van der Waals surface area contributed by atoms with Crippen molar-refractivity contribution in [3.8, 4) is 0 Å². The molecule has 0 aliphatic carbocycles. The van der Waals surface area contributed by atoms with Crippen LogP contribution in [0.5, 0.6) is 0 Å². The summed E-state index contributed by atoms with van der Waals surface area (Å²) in [5, 5.41) is 3.22. The lowest BCUT2D eigenvalue weighted by Crippen LogP contribution is -2.32. The van der Waals surface area contributed by atoms with Gasteiger partial charge in [-0.05, 0) is 46.9 Å². The Morgan fingerprint density at radius 1 is 1.14 bits per heavy atom. The van der Waals surface area contributed by atoms with Crippen LogP contribution in [0.1, 0.15) is 16.9 Å². The molecule has 1 N–H and O–H groups in total. The second-order valence-electron chi connectivity index (χ2n) is 6.10. The van der Waals surface area contributed by atoms with Crippen molar-refractivity contribution < 1.29 is 13.9 Å². The lowest BCUT2D eigenvalue weighted by Gasteiger charge is -2.07. The zero-order valence-corrected chi connectivity index (χ0v) is 15.6. The fraction of sp³-hybridized carbons (Fsp3) is 0.150. The number of fused-ring (bicyclic) bond motifs is 1. The predicted octanol–water partition coefficient (Wildman–Crippen LogP) is 3.53. The van der Waals surface area contributed by atoms with E-state index in [1.54, 1.807) is 24.6 Å². The molecular formula is C20H17N3O4S. The van der Waals surface area contributed by atoms with E-state index in [0.29, 0.717) is 30.0 Å². The average Bonchev–Trinajstić information content (AvgIpc) is 3.35. The number of carbonyl (C=O) groups is 1. The van der Waals surface area contributed by atoms with Crippen molar-refractivity contribution in [2.75, 3.05) is 0 Å². The van der Waals surface area contributed by atoms with E-state index in [1.165, 1.54) is 0 Å². The molecule has 0 spiro atoms. The van der Waals surface area contributed by atoms with Crippen LogP contribution in [0.2, 0.25) is 0 Å². The molecule has 0 saturated carbocycles. The second-order valence-corrected chi connectivity index (χ2v) is 7.03. The number of hydrogen-bond acceptors (Lipinski definition) is 6. The van der Waals surface area contributed by atoms with Gasteiger partial charge in [-0.2, -0.15) is 3.96 Å². The minimum atomic E-state index is -0.465. The highest BCUT2D eigenvalue weighted by atomic mass is 32.1. The first-order valence-corrected chi connectivity index (χ1v) is 9.41. The van der Waals surface area contributed by atoms with E-state index >= 15 is 0 Å². The highest BCUT2D eigenvalue weighted by Crippen LogP contribution is 2.13. The van der Waals surface area contributed by atoms with Crippen LogP contribution in [0, 0.1) is 0 Å². The standard InChI is InChI=1S/C20H17N3O4S/c24-19-17-7-2-8-21-18(17)28-23(19)20(25)22-11-14-4-1-5-15(10-14)12-26-13-16-6-3-9-27-16/h1-10H,11-13H2,(H,22,25). The lowest BCUT2D eigenvalue weighted by molar-refractivity contribution is 0.0929. The molecule has 0 radical (unpaired) electrons. The molecule has 0 aliphatic heterocycles. The zero-order valence-electron chi connectivity index (χ0n) is 14.8. The summed E-state index contributed by atoms with van der Waals surface area (Å²) in [5.74, 6) is 0.770. The topological polar surface area (TPSA) is 86.4 Å². The Labute approximate surface area is 164 Å². The number of aromatic nitrogens is 2. The van der Waals surface area contributed by atoms with Gasteiger partial charge in [0.2, 0.25) is 0 Å². The highest BCUT2D eigenvalue weighted by Gasteiger charge is 2.14. The largest absolute Gasteiger partial charge is 0.467 e. The number of benzene rings is 1. The Morgan fingerprint density at radius 2 is 2.04 bits per heavy atom. The molecule has 8 heteroatoms. The fourth-order valence-corrected chi connectivity index (χ4v) is 3.60. The van der Waals surface area contributed by atoms with Gasteiger partial charge in [0.1, 0.15) is 17.2 Å². The van der Waals surface area contributed by atoms with Crippen molar-refractivity contribution in [1.82, 2.24) is 14.3 Å². The number of nitrogens with one attached hydrogen (secondary N) is 1. The maximum atomic E-state index is 12.4. The number of rotatable bonds is 6. The van der Waals surface area contributed by atoms with Crippen LogP contribution < -0.4 is 10.9 Å². The molecule has 1 aromatic carbocycles. The molecule has 7 nitrogen and oxygen atoms in total. The number of nitrogens with zero attached hydrogens (tertiary/aromatic N) is 2. The van der Waals surface area contributed by atoms with Crippen LogP contribution >= 0.6 is 11.5 Å². The SMILES string of the molecule is O=C(NCc1cccc(COCc2ccco2)c1)n1sc2ncccc2c1=O. The summed E-state index contributed by atoms with van der Waals surface area (Å²) in [7, 11) is 0. The number of pyridine rings is 1. The van der Waals surface area contributed by atoms with Crippen molar-refractivity contribution in [3.63, 3.8) is 0 Å². The molecule has 142 valence electrons. The molecule has 0 unspecified atom stereocenters. The molecule has 1 amide bonds. The molecule has 0 atom stereocenters. The quantitative estimate of drug-likeness (QED) is 0.540. The lowest BCUT2D eigenvalue weighted by atomic mass is 10.1. The summed E-state index contributed by atoms with van der Waals surface area (Å²) >= 11 is 1.03. The molecule has 0 bridgehead atoms. The number of ether oxygens (including phenoxy) is 1. The third-order valence-corrected chi connectivity index (χ3v) is 5.09. The Kier molecular flexibility index (Phi) is 5.31. The van der Waals surface area contributed by atoms with Crippen LogP contribution in [-0.4, -0.2) is 15.0 Å². The molecule has 3 aromatic heterocycles. The van der Waals surface area contributed by atoms with Crippen molar-refractivity contribution in [2.24, 2.45) is 0 Å². The van der Waals surface area contributed by atoms with Gasteiger partial charge in [-0.3, -0.25) is 4.79 Å². The number of hydrogen-bond donors (Lipinski definition) is 1. The Hall–Kier alpha value is -3.23. The van der Waals surface area contributed by atoms with E-state index in [4.69, 9.17) is 9.15 Å². The Balaban J connectivity index is 1.37. The normalized spacial score (nSPS) is 11.0. The average molecular weight is 395 g/mol. The molecular weight excluding hydrogens is 378 g/mol. The summed E-state index contributed by atoms with van der Waals surface area (Å²) in [6.45, 7) is 1.14. The molecule has 0 saturated heterocycles. The van der Waals surface area contributed by atoms with E-state index in [2.05, 4.69) is 10.3 Å². The van der Waals surface area contributed by atoms with Crippen LogP contribution in [-0.2, 0) is 24.5 Å². The van der Waals surface area contributed by atoms with Gasteiger partial charge in [0.25, 0.3) is 5.56 Å². The summed E-state index contributed by atoms with van der Waals surface area (Å²) in [5.41, 5.74) is 1.55. The van der Waals surface area contributed by atoms with E-state index in [1.807, 2.05) is 36.4 Å². The van der Waals surface area contributed by atoms with Gasteiger partial charge >= 0.3 is 6.03 Å². The number of amides is 1. The first kappa shape index (κ1) is 18.1. The first-order chi connectivity index (χ1) is 13.7. The first-order valence-electron chi connectivity index (χ1n) is 8.64. The molecule has 0 fully saturated rings. The monoisotopic (exact) mass is 395 g/mol. The van der Waals surface area contributed by atoms with Crippen LogP contribution in [0.4, 0.5) is 4.79 Å². The van der Waals surface area contributed by atoms with Crippen molar-refractivity contribution >= 4 is 27.8 Å². The van der Waals surface area contributed by atoms with Crippen LogP contribution in [0.15, 0.2) is 70.2 Å². The Morgan fingerprint density at radius 3 is 2.86 bits per heavy atom. The van der Waals surface area contributed by atoms with Crippen molar-refractivity contribution in [3.05, 3.63) is 88.2 Å². The van der Waals surface area contributed by atoms with Crippen molar-refractivity contribution in [1.29, 1.82) is 0 Å². The van der Waals surface area contributed by atoms with Crippen LogP contribution in [0.25, 0.3) is 10.2 Å². The van der Waals surface area contributed by atoms with Crippen LogP contribution in [0.3, 0.4) is 0 Å². The summed E-state index contributed by atoms with van der Waals surface area (Å²) in [4.78, 5) is 29.4. The highest BCUT2D eigenvalue weighted by molar-refractivity contribution is 7.14. The maximum Gasteiger partial charge on any atom is 0.338 e. The van der Waals surface area contributed by atoms with E-state index in [0.717, 1.165) is 32.4 Å². The third-order valence-electron chi connectivity index (χ3n) is 4.08. The molecule has 28 heavy (non-hydrogen) atoms. The van der Waals surface area contributed by atoms with Gasteiger partial charge in [-0.1, -0.05) is 24.3 Å².